The summed E-state index contributed by atoms with van der Waals surface area (Å²) in [5.74, 6) is -1.19. The summed E-state index contributed by atoms with van der Waals surface area (Å²) < 4.78 is 0. The Kier molecular flexibility index (Phi) is 8.80. The van der Waals surface area contributed by atoms with E-state index in [0.29, 0.717) is 20.6 Å². The van der Waals surface area contributed by atoms with Gasteiger partial charge in [0.05, 0.1) is 17.0 Å². The number of carboxylic acids is 1. The molecule has 3 N–H and O–H groups in total. The predicted octanol–water partition coefficient (Wildman–Crippen LogP) is 8.05. The van der Waals surface area contributed by atoms with E-state index in [2.05, 4.69) is 17.2 Å². The molecule has 1 amide bonds. The lowest BCUT2D eigenvalue weighted by Crippen LogP contribution is -2.26. The first-order chi connectivity index (χ1) is 17.8. The average Bonchev–Trinajstić information content (AvgIpc) is 3.28. The summed E-state index contributed by atoms with van der Waals surface area (Å²) in [7, 11) is 0. The number of aliphatic carboxylic acids is 1. The maximum atomic E-state index is 12.5. The van der Waals surface area contributed by atoms with Gasteiger partial charge in [-0.05, 0) is 65.4 Å². The van der Waals surface area contributed by atoms with E-state index in [1.165, 1.54) is 0 Å². The Morgan fingerprint density at radius 3 is 2.27 bits per heavy atom. The minimum atomic E-state index is -0.953. The van der Waals surface area contributed by atoms with Crippen molar-refractivity contribution in [3.8, 4) is 0 Å². The zero-order valence-corrected chi connectivity index (χ0v) is 22.5. The lowest BCUT2D eigenvalue weighted by molar-refractivity contribution is -0.136. The summed E-state index contributed by atoms with van der Waals surface area (Å²) in [6.45, 7) is 2.23. The molecule has 4 aromatic rings. The summed E-state index contributed by atoms with van der Waals surface area (Å²) in [6.07, 6.45) is 3.73. The van der Waals surface area contributed by atoms with Crippen molar-refractivity contribution in [1.29, 1.82) is 0 Å². The highest BCUT2D eigenvalue weighted by Crippen LogP contribution is 2.45. The maximum absolute atomic E-state index is 12.5. The largest absolute Gasteiger partial charge is 0.481 e. The van der Waals surface area contributed by atoms with Gasteiger partial charge in [0.25, 0.3) is 5.91 Å². The maximum Gasteiger partial charge on any atom is 0.305 e. The van der Waals surface area contributed by atoms with Crippen LogP contribution in [0.4, 0.5) is 0 Å². The highest BCUT2D eigenvalue weighted by molar-refractivity contribution is 6.38. The van der Waals surface area contributed by atoms with Crippen molar-refractivity contribution in [2.24, 2.45) is 0 Å². The zero-order chi connectivity index (χ0) is 26.5. The molecule has 0 bridgehead atoms. The van der Waals surface area contributed by atoms with Gasteiger partial charge in [-0.2, -0.15) is 0 Å². The third-order valence-corrected chi connectivity index (χ3v) is 7.30. The number of hydrogen-bond acceptors (Lipinski definition) is 2. The first-order valence-corrected chi connectivity index (χ1v) is 13.2. The minimum absolute atomic E-state index is 0.0317. The molecule has 0 aliphatic rings. The quantitative estimate of drug-likeness (QED) is 0.184. The number of rotatable bonds is 10. The van der Waals surface area contributed by atoms with Crippen molar-refractivity contribution in [1.82, 2.24) is 10.3 Å². The minimum Gasteiger partial charge on any atom is -0.481 e. The van der Waals surface area contributed by atoms with Gasteiger partial charge in [0.1, 0.15) is 0 Å². The Labute approximate surface area is 230 Å². The molecule has 1 aromatic heterocycles. The van der Waals surface area contributed by atoms with Crippen molar-refractivity contribution in [3.63, 3.8) is 0 Å². The molecule has 0 unspecified atom stereocenters. The van der Waals surface area contributed by atoms with Crippen molar-refractivity contribution in [3.05, 3.63) is 104 Å². The number of benzene rings is 3. The Morgan fingerprint density at radius 1 is 0.946 bits per heavy atom. The van der Waals surface area contributed by atoms with E-state index in [0.717, 1.165) is 40.4 Å². The van der Waals surface area contributed by atoms with Crippen LogP contribution in [0.15, 0.2) is 66.9 Å². The Balaban J connectivity index is 1.76. The predicted molar refractivity (Wildman–Crippen MR) is 150 cm³/mol. The molecule has 5 nitrogen and oxygen atoms in total. The molecule has 0 spiro atoms. The molecule has 4 rings (SSSR count). The Hall–Kier alpha value is -2.99. The molecular formula is C29H27Cl3N2O3. The van der Waals surface area contributed by atoms with Crippen molar-refractivity contribution >= 4 is 57.6 Å². The SMILES string of the molecule is CCC[C@H](c1ccc(C(=O)NCCC(=O)O)cc1)[C@H](c1ccc(Cl)cc1)c1c[nH]c2c(Cl)cc(Cl)cc12. The van der Waals surface area contributed by atoms with E-state index in [9.17, 15) is 9.59 Å². The molecule has 3 aromatic carbocycles. The molecular weight excluding hydrogens is 531 g/mol. The number of amides is 1. The number of aromatic amines is 1. The average molecular weight is 558 g/mol. The number of hydrogen-bond donors (Lipinski definition) is 3. The normalized spacial score (nSPS) is 12.9. The van der Waals surface area contributed by atoms with Gasteiger partial charge in [-0.25, -0.2) is 0 Å². The van der Waals surface area contributed by atoms with Crippen LogP contribution in [-0.2, 0) is 4.79 Å². The van der Waals surface area contributed by atoms with Gasteiger partial charge in [-0.3, -0.25) is 9.59 Å². The first-order valence-electron chi connectivity index (χ1n) is 12.1. The lowest BCUT2D eigenvalue weighted by Gasteiger charge is -2.28. The van der Waals surface area contributed by atoms with Crippen LogP contribution in [0.3, 0.4) is 0 Å². The molecule has 0 fully saturated rings. The second-order valence-electron chi connectivity index (χ2n) is 9.00. The molecule has 0 radical (unpaired) electrons. The molecule has 192 valence electrons. The number of halogens is 3. The molecule has 0 saturated heterocycles. The van der Waals surface area contributed by atoms with Crippen molar-refractivity contribution in [2.75, 3.05) is 6.54 Å². The number of H-pyrrole nitrogens is 1. The molecule has 1 heterocycles. The summed E-state index contributed by atoms with van der Waals surface area (Å²) >= 11 is 19.1. The molecule has 0 aliphatic heterocycles. The van der Waals surface area contributed by atoms with E-state index in [-0.39, 0.29) is 30.7 Å². The van der Waals surface area contributed by atoms with Crippen molar-refractivity contribution < 1.29 is 14.7 Å². The number of carbonyl (C=O) groups is 2. The highest BCUT2D eigenvalue weighted by atomic mass is 35.5. The first kappa shape index (κ1) is 27.1. The second-order valence-corrected chi connectivity index (χ2v) is 10.3. The summed E-state index contributed by atoms with van der Waals surface area (Å²) in [5, 5.41) is 14.2. The summed E-state index contributed by atoms with van der Waals surface area (Å²) in [6, 6.07) is 19.1. The van der Waals surface area contributed by atoms with Crippen LogP contribution in [0.1, 0.15) is 65.1 Å². The summed E-state index contributed by atoms with van der Waals surface area (Å²) in [5.41, 5.74) is 4.60. The van der Waals surface area contributed by atoms with E-state index in [1.54, 1.807) is 18.2 Å². The Morgan fingerprint density at radius 2 is 1.62 bits per heavy atom. The van der Waals surface area contributed by atoms with Crippen LogP contribution in [0.25, 0.3) is 10.9 Å². The fourth-order valence-electron chi connectivity index (χ4n) is 4.84. The van der Waals surface area contributed by atoms with Gasteiger partial charge in [-0.15, -0.1) is 0 Å². The van der Waals surface area contributed by atoms with Gasteiger partial charge in [-0.1, -0.05) is 72.4 Å². The third kappa shape index (κ3) is 6.30. The third-order valence-electron chi connectivity index (χ3n) is 6.53. The van der Waals surface area contributed by atoms with E-state index >= 15 is 0 Å². The van der Waals surface area contributed by atoms with E-state index < -0.39 is 5.97 Å². The van der Waals surface area contributed by atoms with Crippen molar-refractivity contribution in [2.45, 2.75) is 38.0 Å². The standard InChI is InChI=1S/C29H27Cl3N2O3/c1-2-3-22(17-4-6-19(7-5-17)29(37)33-13-12-26(35)36)27(18-8-10-20(30)11-9-18)24-16-34-28-23(24)14-21(31)15-25(28)32/h4-11,14-16,22,27,34H,2-3,12-13H2,1H3,(H,33,37)(H,35,36)/t22-,27+/m1/s1. The van der Waals surface area contributed by atoms with E-state index in [1.807, 2.05) is 48.7 Å². The molecule has 8 heteroatoms. The number of carboxylic acid groups (broad SMARTS) is 1. The fraction of sp³-hybridized carbons (Fsp3) is 0.241. The smallest absolute Gasteiger partial charge is 0.305 e. The van der Waals surface area contributed by atoms with Crippen LogP contribution in [0, 0.1) is 0 Å². The lowest BCUT2D eigenvalue weighted by atomic mass is 9.75. The number of nitrogens with one attached hydrogen (secondary N) is 2. The Bertz CT molecular complexity index is 1400. The number of aromatic nitrogens is 1. The van der Waals surface area contributed by atoms with Gasteiger partial charge in [0.2, 0.25) is 0 Å². The molecule has 2 atom stereocenters. The molecule has 0 aliphatic carbocycles. The number of fused-ring (bicyclic) bond motifs is 1. The monoisotopic (exact) mass is 556 g/mol. The van der Waals surface area contributed by atoms with Crippen LogP contribution in [0.5, 0.6) is 0 Å². The van der Waals surface area contributed by atoms with Crippen LogP contribution in [0.2, 0.25) is 15.1 Å². The highest BCUT2D eigenvalue weighted by Gasteiger charge is 2.29. The number of carbonyl (C=O) groups excluding carboxylic acids is 1. The topological polar surface area (TPSA) is 82.2 Å². The molecule has 0 saturated carbocycles. The van der Waals surface area contributed by atoms with Gasteiger partial charge in [0, 0.05) is 39.7 Å². The second kappa shape index (κ2) is 12.0. The van der Waals surface area contributed by atoms with E-state index in [4.69, 9.17) is 39.9 Å². The summed E-state index contributed by atoms with van der Waals surface area (Å²) in [4.78, 5) is 26.5. The fourth-order valence-corrected chi connectivity index (χ4v) is 5.51. The van der Waals surface area contributed by atoms with Gasteiger partial charge in [0.15, 0.2) is 0 Å². The molecule has 37 heavy (non-hydrogen) atoms. The zero-order valence-electron chi connectivity index (χ0n) is 20.2. The van der Waals surface area contributed by atoms with Gasteiger partial charge >= 0.3 is 5.97 Å². The van der Waals surface area contributed by atoms with Crippen LogP contribution >= 0.6 is 34.8 Å². The van der Waals surface area contributed by atoms with Crippen LogP contribution in [-0.4, -0.2) is 28.5 Å². The van der Waals surface area contributed by atoms with Gasteiger partial charge < -0.3 is 15.4 Å². The van der Waals surface area contributed by atoms with Crippen LogP contribution < -0.4 is 5.32 Å².